The molecule has 0 N–H and O–H groups in total. The predicted octanol–water partition coefficient (Wildman–Crippen LogP) is 4.85. The van der Waals surface area contributed by atoms with Crippen LogP contribution in [0.25, 0.3) is 0 Å². The van der Waals surface area contributed by atoms with Gasteiger partial charge in [-0.05, 0) is 88.1 Å². The van der Waals surface area contributed by atoms with Gasteiger partial charge in [0, 0.05) is 5.69 Å². The van der Waals surface area contributed by atoms with Crippen LogP contribution in [-0.2, 0) is 23.0 Å². The molecule has 0 bridgehead atoms. The summed E-state index contributed by atoms with van der Waals surface area (Å²) < 4.78 is 17.0. The summed E-state index contributed by atoms with van der Waals surface area (Å²) in [5, 5.41) is 10.3. The molecule has 1 saturated carbocycles. The standard InChI is InChI=1S/C26H30N2O4/c1-4-31-25(29)21-13-18-15-26(16-27,12-11-22(18)28-17(21)2)19-9-10-23(30-3)24(14-19)32-20-7-5-6-8-20/h9-10,13-14,20H,4-8,11-12,15H2,1-3H3. The molecular weight excluding hydrogens is 404 g/mol. The molecule has 6 nitrogen and oxygen atoms in total. The molecule has 1 aromatic carbocycles. The Balaban J connectivity index is 1.68. The zero-order chi connectivity index (χ0) is 22.7. The Kier molecular flexibility index (Phi) is 6.36. The van der Waals surface area contributed by atoms with E-state index < -0.39 is 5.41 Å². The Hall–Kier alpha value is -3.07. The minimum Gasteiger partial charge on any atom is -0.493 e. The molecule has 0 aliphatic heterocycles. The van der Waals surface area contributed by atoms with Crippen molar-refractivity contribution < 1.29 is 19.0 Å². The number of nitriles is 1. The van der Waals surface area contributed by atoms with E-state index >= 15 is 0 Å². The molecule has 168 valence electrons. The summed E-state index contributed by atoms with van der Waals surface area (Å²) in [5.41, 5.74) is 3.23. The van der Waals surface area contributed by atoms with Gasteiger partial charge in [0.2, 0.25) is 0 Å². The number of benzene rings is 1. The largest absolute Gasteiger partial charge is 0.493 e. The normalized spacial score (nSPS) is 20.3. The van der Waals surface area contributed by atoms with Crippen LogP contribution in [0.1, 0.15) is 71.9 Å². The summed E-state index contributed by atoms with van der Waals surface area (Å²) >= 11 is 0. The summed E-state index contributed by atoms with van der Waals surface area (Å²) in [7, 11) is 1.64. The van der Waals surface area contributed by atoms with Gasteiger partial charge in [0.25, 0.3) is 0 Å². The van der Waals surface area contributed by atoms with Gasteiger partial charge in [-0.3, -0.25) is 4.98 Å². The minimum atomic E-state index is -0.712. The lowest BCUT2D eigenvalue weighted by molar-refractivity contribution is 0.0524. The lowest BCUT2D eigenvalue weighted by atomic mass is 9.69. The van der Waals surface area contributed by atoms with Crippen molar-refractivity contribution in [1.82, 2.24) is 4.98 Å². The molecule has 4 rings (SSSR count). The third-order valence-electron chi connectivity index (χ3n) is 6.68. The highest BCUT2D eigenvalue weighted by Gasteiger charge is 2.38. The van der Waals surface area contributed by atoms with Gasteiger partial charge < -0.3 is 14.2 Å². The molecule has 0 spiro atoms. The van der Waals surface area contributed by atoms with E-state index in [0.717, 1.165) is 29.7 Å². The van der Waals surface area contributed by atoms with Crippen LogP contribution in [0.5, 0.6) is 11.5 Å². The van der Waals surface area contributed by atoms with Gasteiger partial charge in [-0.25, -0.2) is 4.79 Å². The van der Waals surface area contributed by atoms with Gasteiger partial charge in [0.15, 0.2) is 11.5 Å². The van der Waals surface area contributed by atoms with E-state index in [-0.39, 0.29) is 12.1 Å². The number of pyridine rings is 1. The Labute approximate surface area is 189 Å². The zero-order valence-corrected chi connectivity index (χ0v) is 19.1. The lowest BCUT2D eigenvalue weighted by Gasteiger charge is -2.33. The average molecular weight is 435 g/mol. The van der Waals surface area contributed by atoms with Crippen LogP contribution >= 0.6 is 0 Å². The van der Waals surface area contributed by atoms with E-state index in [1.165, 1.54) is 12.8 Å². The highest BCUT2D eigenvalue weighted by molar-refractivity contribution is 5.90. The van der Waals surface area contributed by atoms with Crippen molar-refractivity contribution in [2.45, 2.75) is 70.3 Å². The second-order valence-corrected chi connectivity index (χ2v) is 8.71. The average Bonchev–Trinajstić information content (AvgIpc) is 3.31. The first-order valence-electron chi connectivity index (χ1n) is 11.4. The van der Waals surface area contributed by atoms with Gasteiger partial charge in [-0.2, -0.15) is 5.26 Å². The monoisotopic (exact) mass is 434 g/mol. The fourth-order valence-electron chi connectivity index (χ4n) is 4.89. The Morgan fingerprint density at radius 3 is 2.72 bits per heavy atom. The second kappa shape index (κ2) is 9.20. The number of carbonyl (C=O) groups excluding carboxylic acids is 1. The highest BCUT2D eigenvalue weighted by Crippen LogP contribution is 2.42. The molecule has 6 heteroatoms. The molecule has 2 aliphatic carbocycles. The number of carbonyl (C=O) groups is 1. The van der Waals surface area contributed by atoms with Gasteiger partial charge in [0.05, 0.1) is 42.6 Å². The number of aryl methyl sites for hydroxylation is 2. The highest BCUT2D eigenvalue weighted by atomic mass is 16.5. The van der Waals surface area contributed by atoms with Crippen LogP contribution in [0.3, 0.4) is 0 Å². The van der Waals surface area contributed by atoms with Crippen molar-refractivity contribution in [1.29, 1.82) is 5.26 Å². The molecule has 2 aromatic rings. The Bertz CT molecular complexity index is 1050. The summed E-state index contributed by atoms with van der Waals surface area (Å²) in [5.74, 6) is 1.02. The van der Waals surface area contributed by atoms with Crippen molar-refractivity contribution in [3.63, 3.8) is 0 Å². The number of ether oxygens (including phenoxy) is 3. The molecule has 0 amide bonds. The van der Waals surface area contributed by atoms with E-state index in [4.69, 9.17) is 14.2 Å². The van der Waals surface area contributed by atoms with E-state index in [0.29, 0.717) is 48.6 Å². The summed E-state index contributed by atoms with van der Waals surface area (Å²) in [4.78, 5) is 17.0. The molecule has 1 unspecified atom stereocenters. The maximum absolute atomic E-state index is 12.4. The van der Waals surface area contributed by atoms with Gasteiger partial charge >= 0.3 is 5.97 Å². The Morgan fingerprint density at radius 1 is 1.25 bits per heavy atom. The quantitative estimate of drug-likeness (QED) is 0.605. The van der Waals surface area contributed by atoms with Crippen molar-refractivity contribution >= 4 is 5.97 Å². The first-order chi connectivity index (χ1) is 15.5. The summed E-state index contributed by atoms with van der Waals surface area (Å²) in [6, 6.07) is 10.3. The molecule has 1 atom stereocenters. The molecule has 1 fully saturated rings. The number of nitrogens with zero attached hydrogens (tertiary/aromatic N) is 2. The minimum absolute atomic E-state index is 0.198. The first kappa shape index (κ1) is 22.1. The predicted molar refractivity (Wildman–Crippen MR) is 120 cm³/mol. The fourth-order valence-corrected chi connectivity index (χ4v) is 4.89. The third kappa shape index (κ3) is 4.17. The van der Waals surface area contributed by atoms with Crippen molar-refractivity contribution in [3.05, 3.63) is 52.3 Å². The molecule has 1 aromatic heterocycles. The molecule has 0 saturated heterocycles. The van der Waals surface area contributed by atoms with Gasteiger partial charge in [-0.15, -0.1) is 0 Å². The molecule has 0 radical (unpaired) electrons. The maximum atomic E-state index is 12.4. The number of hydrogen-bond donors (Lipinski definition) is 0. The SMILES string of the molecule is CCOC(=O)c1cc2c(nc1C)CCC(C#N)(c1ccc(OC)c(OC3CCCC3)c1)C2. The van der Waals surface area contributed by atoms with Gasteiger partial charge in [0.1, 0.15) is 0 Å². The van der Waals surface area contributed by atoms with Crippen molar-refractivity contribution in [3.8, 4) is 17.6 Å². The Morgan fingerprint density at radius 2 is 2.03 bits per heavy atom. The topological polar surface area (TPSA) is 81.4 Å². The van der Waals surface area contributed by atoms with Crippen molar-refractivity contribution in [2.75, 3.05) is 13.7 Å². The number of aromatic nitrogens is 1. The molecule has 1 heterocycles. The number of methoxy groups -OCH3 is 1. The van der Waals surface area contributed by atoms with E-state index in [1.807, 2.05) is 31.2 Å². The van der Waals surface area contributed by atoms with E-state index in [2.05, 4.69) is 11.1 Å². The number of hydrogen-bond acceptors (Lipinski definition) is 6. The van der Waals surface area contributed by atoms with Crippen LogP contribution in [0.4, 0.5) is 0 Å². The summed E-state index contributed by atoms with van der Waals surface area (Å²) in [6.45, 7) is 3.93. The van der Waals surface area contributed by atoms with Gasteiger partial charge in [-0.1, -0.05) is 6.07 Å². The van der Waals surface area contributed by atoms with Crippen LogP contribution in [0, 0.1) is 18.3 Å². The maximum Gasteiger partial charge on any atom is 0.339 e. The number of esters is 1. The zero-order valence-electron chi connectivity index (χ0n) is 19.1. The molecule has 2 aliphatic rings. The van der Waals surface area contributed by atoms with Crippen LogP contribution in [0.2, 0.25) is 0 Å². The fraction of sp³-hybridized carbons (Fsp3) is 0.500. The molecular formula is C26H30N2O4. The molecule has 32 heavy (non-hydrogen) atoms. The smallest absolute Gasteiger partial charge is 0.339 e. The number of rotatable bonds is 6. The second-order valence-electron chi connectivity index (χ2n) is 8.71. The van der Waals surface area contributed by atoms with Crippen LogP contribution < -0.4 is 9.47 Å². The first-order valence-corrected chi connectivity index (χ1v) is 11.4. The van der Waals surface area contributed by atoms with Crippen molar-refractivity contribution in [2.24, 2.45) is 0 Å². The summed E-state index contributed by atoms with van der Waals surface area (Å²) in [6.07, 6.45) is 6.49. The van der Waals surface area contributed by atoms with Crippen LogP contribution in [-0.4, -0.2) is 30.8 Å². The number of fused-ring (bicyclic) bond motifs is 1. The van der Waals surface area contributed by atoms with E-state index in [9.17, 15) is 10.1 Å². The van der Waals surface area contributed by atoms with E-state index in [1.54, 1.807) is 14.0 Å². The third-order valence-corrected chi connectivity index (χ3v) is 6.68. The lowest BCUT2D eigenvalue weighted by Crippen LogP contribution is -2.33. The van der Waals surface area contributed by atoms with Crippen LogP contribution in [0.15, 0.2) is 24.3 Å².